The van der Waals surface area contributed by atoms with Crippen molar-refractivity contribution in [2.75, 3.05) is 52.3 Å². The Labute approximate surface area is 166 Å². The molecule has 28 heavy (non-hydrogen) atoms. The number of likely N-dealkylation sites (N-methyl/N-ethyl adjacent to an activating group) is 1. The van der Waals surface area contributed by atoms with Crippen molar-refractivity contribution < 1.29 is 14.3 Å². The van der Waals surface area contributed by atoms with E-state index in [2.05, 4.69) is 22.1 Å². The van der Waals surface area contributed by atoms with E-state index < -0.39 is 0 Å². The molecular formula is C21H28N4O3. The fraction of sp³-hybridized carbons (Fsp3) is 0.429. The zero-order valence-electron chi connectivity index (χ0n) is 16.8. The summed E-state index contributed by atoms with van der Waals surface area (Å²) in [5.41, 5.74) is 2.39. The van der Waals surface area contributed by atoms with Crippen molar-refractivity contribution in [1.29, 1.82) is 0 Å². The second-order valence-corrected chi connectivity index (χ2v) is 6.70. The monoisotopic (exact) mass is 384 g/mol. The van der Waals surface area contributed by atoms with Gasteiger partial charge in [0.2, 0.25) is 0 Å². The number of pyridine rings is 1. The van der Waals surface area contributed by atoms with Gasteiger partial charge in [0, 0.05) is 44.6 Å². The second kappa shape index (κ2) is 9.41. The quantitative estimate of drug-likeness (QED) is 0.791. The van der Waals surface area contributed by atoms with E-state index >= 15 is 0 Å². The van der Waals surface area contributed by atoms with Gasteiger partial charge in [0.1, 0.15) is 5.69 Å². The molecule has 3 rings (SSSR count). The van der Waals surface area contributed by atoms with Gasteiger partial charge in [0.15, 0.2) is 11.5 Å². The Morgan fingerprint density at radius 2 is 1.82 bits per heavy atom. The molecule has 1 aromatic carbocycles. The lowest BCUT2D eigenvalue weighted by Crippen LogP contribution is -2.48. The van der Waals surface area contributed by atoms with Crippen molar-refractivity contribution >= 4 is 11.6 Å². The Kier molecular flexibility index (Phi) is 6.71. The van der Waals surface area contributed by atoms with Crippen LogP contribution < -0.4 is 14.8 Å². The maximum atomic E-state index is 12.8. The molecule has 7 nitrogen and oxygen atoms in total. The van der Waals surface area contributed by atoms with Gasteiger partial charge in [-0.2, -0.15) is 0 Å². The number of carbonyl (C=O) groups is 1. The maximum absolute atomic E-state index is 12.8. The van der Waals surface area contributed by atoms with Gasteiger partial charge in [0.25, 0.3) is 5.91 Å². The normalized spacial score (nSPS) is 14.6. The lowest BCUT2D eigenvalue weighted by molar-refractivity contribution is 0.0637. The zero-order valence-corrected chi connectivity index (χ0v) is 16.8. The van der Waals surface area contributed by atoms with Crippen molar-refractivity contribution in [3.63, 3.8) is 0 Å². The number of anilines is 1. The van der Waals surface area contributed by atoms with Crippen molar-refractivity contribution in [2.24, 2.45) is 0 Å². The maximum Gasteiger partial charge on any atom is 0.272 e. The van der Waals surface area contributed by atoms with Crippen LogP contribution in [0.4, 0.5) is 5.69 Å². The average Bonchev–Trinajstić information content (AvgIpc) is 2.77. The SMILES string of the molecule is CCN1CCN(C(=O)c2cc(NCc3ccc(OC)c(OC)c3)ccn2)CC1. The molecular weight excluding hydrogens is 356 g/mol. The Morgan fingerprint density at radius 1 is 1.07 bits per heavy atom. The van der Waals surface area contributed by atoms with Crippen LogP contribution in [0.2, 0.25) is 0 Å². The number of hydrogen-bond donors (Lipinski definition) is 1. The van der Waals surface area contributed by atoms with Crippen LogP contribution in [0.1, 0.15) is 23.0 Å². The average molecular weight is 384 g/mol. The molecule has 2 heterocycles. The minimum Gasteiger partial charge on any atom is -0.493 e. The number of methoxy groups -OCH3 is 2. The summed E-state index contributed by atoms with van der Waals surface area (Å²) in [4.78, 5) is 21.3. The molecule has 7 heteroatoms. The topological polar surface area (TPSA) is 66.9 Å². The Balaban J connectivity index is 1.63. The smallest absolute Gasteiger partial charge is 0.272 e. The molecule has 1 fully saturated rings. The van der Waals surface area contributed by atoms with E-state index in [1.165, 1.54) is 0 Å². The first-order chi connectivity index (χ1) is 13.6. The Morgan fingerprint density at radius 3 is 2.50 bits per heavy atom. The Bertz CT molecular complexity index is 804. The highest BCUT2D eigenvalue weighted by Gasteiger charge is 2.22. The number of piperazine rings is 1. The summed E-state index contributed by atoms with van der Waals surface area (Å²) in [7, 11) is 3.24. The summed E-state index contributed by atoms with van der Waals surface area (Å²) < 4.78 is 10.6. The number of carbonyl (C=O) groups excluding carboxylic acids is 1. The Hall–Kier alpha value is -2.80. The largest absolute Gasteiger partial charge is 0.493 e. The van der Waals surface area contributed by atoms with Crippen molar-refractivity contribution in [2.45, 2.75) is 13.5 Å². The minimum atomic E-state index is -0.00878. The molecule has 0 aliphatic carbocycles. The number of nitrogens with zero attached hydrogens (tertiary/aromatic N) is 3. The lowest BCUT2D eigenvalue weighted by atomic mass is 10.2. The molecule has 1 aliphatic rings. The molecule has 1 N–H and O–H groups in total. The highest BCUT2D eigenvalue weighted by atomic mass is 16.5. The van der Waals surface area contributed by atoms with Crippen LogP contribution in [0, 0.1) is 0 Å². The molecule has 1 saturated heterocycles. The molecule has 0 unspecified atom stereocenters. The third-order valence-electron chi connectivity index (χ3n) is 5.03. The summed E-state index contributed by atoms with van der Waals surface area (Å²) >= 11 is 0. The number of rotatable bonds is 7. The predicted octanol–water partition coefficient (Wildman–Crippen LogP) is 2.49. The fourth-order valence-corrected chi connectivity index (χ4v) is 3.28. The molecule has 0 spiro atoms. The van der Waals surface area contributed by atoms with E-state index in [1.54, 1.807) is 20.4 Å². The minimum absolute atomic E-state index is 0.00878. The third kappa shape index (κ3) is 4.72. The van der Waals surface area contributed by atoms with Crippen LogP contribution in [0.25, 0.3) is 0 Å². The summed E-state index contributed by atoms with van der Waals surface area (Å²) in [5.74, 6) is 1.38. The van der Waals surface area contributed by atoms with Gasteiger partial charge in [-0.25, -0.2) is 0 Å². The van der Waals surface area contributed by atoms with Crippen LogP contribution in [0.15, 0.2) is 36.5 Å². The first-order valence-electron chi connectivity index (χ1n) is 9.57. The molecule has 0 radical (unpaired) electrons. The molecule has 0 saturated carbocycles. The van der Waals surface area contributed by atoms with Crippen molar-refractivity contribution in [1.82, 2.24) is 14.8 Å². The van der Waals surface area contributed by atoms with Gasteiger partial charge in [-0.1, -0.05) is 13.0 Å². The van der Waals surface area contributed by atoms with Crippen molar-refractivity contribution in [3.05, 3.63) is 47.8 Å². The molecule has 1 amide bonds. The highest BCUT2D eigenvalue weighted by molar-refractivity contribution is 5.93. The van der Waals surface area contributed by atoms with E-state index in [0.29, 0.717) is 23.7 Å². The van der Waals surface area contributed by atoms with Gasteiger partial charge in [-0.3, -0.25) is 9.78 Å². The van der Waals surface area contributed by atoms with E-state index in [1.807, 2.05) is 35.2 Å². The first-order valence-corrected chi connectivity index (χ1v) is 9.57. The van der Waals surface area contributed by atoms with E-state index in [4.69, 9.17) is 9.47 Å². The van der Waals surface area contributed by atoms with Crippen LogP contribution >= 0.6 is 0 Å². The number of amides is 1. The van der Waals surface area contributed by atoms with E-state index in [-0.39, 0.29) is 5.91 Å². The van der Waals surface area contributed by atoms with Crippen LogP contribution in [-0.4, -0.2) is 67.6 Å². The summed E-state index contributed by atoms with van der Waals surface area (Å²) in [6, 6.07) is 9.48. The van der Waals surface area contributed by atoms with Gasteiger partial charge in [-0.05, 0) is 36.4 Å². The molecule has 1 aliphatic heterocycles. The highest BCUT2D eigenvalue weighted by Crippen LogP contribution is 2.27. The summed E-state index contributed by atoms with van der Waals surface area (Å²) in [6.07, 6.45) is 1.67. The van der Waals surface area contributed by atoms with Gasteiger partial charge in [-0.15, -0.1) is 0 Å². The number of benzene rings is 1. The van der Waals surface area contributed by atoms with Crippen LogP contribution in [-0.2, 0) is 6.54 Å². The van der Waals surface area contributed by atoms with Crippen LogP contribution in [0.3, 0.4) is 0 Å². The van der Waals surface area contributed by atoms with Crippen molar-refractivity contribution in [3.8, 4) is 11.5 Å². The molecule has 0 bridgehead atoms. The van der Waals surface area contributed by atoms with Gasteiger partial charge < -0.3 is 24.6 Å². The van der Waals surface area contributed by atoms with Gasteiger partial charge >= 0.3 is 0 Å². The van der Waals surface area contributed by atoms with Crippen LogP contribution in [0.5, 0.6) is 11.5 Å². The van der Waals surface area contributed by atoms with E-state index in [0.717, 1.165) is 44.0 Å². The second-order valence-electron chi connectivity index (χ2n) is 6.70. The number of nitrogens with one attached hydrogen (secondary N) is 1. The third-order valence-corrected chi connectivity index (χ3v) is 5.03. The summed E-state index contributed by atoms with van der Waals surface area (Å²) in [6.45, 7) is 7.10. The number of aromatic nitrogens is 1. The zero-order chi connectivity index (χ0) is 19.9. The lowest BCUT2D eigenvalue weighted by Gasteiger charge is -2.33. The van der Waals surface area contributed by atoms with E-state index in [9.17, 15) is 4.79 Å². The molecule has 2 aromatic rings. The standard InChI is InChI=1S/C21H28N4O3/c1-4-24-9-11-25(12-10-24)21(26)18-14-17(7-8-22-18)23-15-16-5-6-19(27-2)20(13-16)28-3/h5-8,13-14H,4,9-12,15H2,1-3H3,(H,22,23). The summed E-state index contributed by atoms with van der Waals surface area (Å²) in [5, 5.41) is 3.35. The number of hydrogen-bond acceptors (Lipinski definition) is 6. The first kappa shape index (κ1) is 19.9. The number of ether oxygens (including phenoxy) is 2. The molecule has 150 valence electrons. The molecule has 0 atom stereocenters. The van der Waals surface area contributed by atoms with Gasteiger partial charge in [0.05, 0.1) is 14.2 Å². The fourth-order valence-electron chi connectivity index (χ4n) is 3.28. The predicted molar refractivity (Wildman–Crippen MR) is 109 cm³/mol. The molecule has 1 aromatic heterocycles.